The minimum absolute atomic E-state index is 0.280. The van der Waals surface area contributed by atoms with Crippen molar-refractivity contribution in [1.82, 2.24) is 0 Å². The minimum Gasteiger partial charge on any atom is -0.496 e. The quantitative estimate of drug-likeness (QED) is 0.819. The van der Waals surface area contributed by atoms with Gasteiger partial charge in [-0.05, 0) is 46.3 Å². The summed E-state index contributed by atoms with van der Waals surface area (Å²) in [6.45, 7) is 0. The molecule has 3 nitrogen and oxygen atoms in total. The predicted octanol–water partition coefficient (Wildman–Crippen LogP) is 5.02. The normalized spacial score (nSPS) is 10.2. The fourth-order valence-corrected chi connectivity index (χ4v) is 2.49. The number of rotatable bonds is 3. The van der Waals surface area contributed by atoms with Crippen LogP contribution < -0.4 is 10.1 Å². The van der Waals surface area contributed by atoms with Crippen molar-refractivity contribution in [1.29, 1.82) is 0 Å². The molecule has 0 aliphatic rings. The number of ether oxygens (including phenoxy) is 1. The first kappa shape index (κ1) is 15.2. The maximum Gasteiger partial charge on any atom is 0.255 e. The van der Waals surface area contributed by atoms with Crippen LogP contribution in [0, 0.1) is 0 Å². The average molecular weight is 375 g/mol. The third kappa shape index (κ3) is 3.26. The summed E-state index contributed by atoms with van der Waals surface area (Å²) in [5.41, 5.74) is 0.949. The molecule has 0 saturated heterocycles. The summed E-state index contributed by atoms with van der Waals surface area (Å²) in [5.74, 6) is 0.375. The molecule has 0 saturated carbocycles. The highest BCUT2D eigenvalue weighted by molar-refractivity contribution is 9.10. The van der Waals surface area contributed by atoms with Gasteiger partial charge in [0, 0.05) is 5.56 Å². The Morgan fingerprint density at radius 3 is 2.65 bits per heavy atom. The van der Waals surface area contributed by atoms with E-state index in [0.29, 0.717) is 31.5 Å². The smallest absolute Gasteiger partial charge is 0.255 e. The summed E-state index contributed by atoms with van der Waals surface area (Å²) in [7, 11) is 1.56. The molecule has 0 heterocycles. The fourth-order valence-electron chi connectivity index (χ4n) is 1.60. The van der Waals surface area contributed by atoms with Gasteiger partial charge in [-0.25, -0.2) is 0 Å². The van der Waals surface area contributed by atoms with Crippen molar-refractivity contribution in [3.8, 4) is 5.75 Å². The Hall–Kier alpha value is -1.23. The molecule has 0 aromatic heterocycles. The first-order chi connectivity index (χ1) is 9.52. The summed E-state index contributed by atoms with van der Waals surface area (Å²) >= 11 is 15.3. The zero-order valence-corrected chi connectivity index (χ0v) is 13.5. The number of amides is 1. The molecule has 0 unspecified atom stereocenters. The van der Waals surface area contributed by atoms with Crippen molar-refractivity contribution in [3.63, 3.8) is 0 Å². The number of hydrogen-bond donors (Lipinski definition) is 1. The largest absolute Gasteiger partial charge is 0.496 e. The molecule has 0 radical (unpaired) electrons. The first-order valence-electron chi connectivity index (χ1n) is 5.62. The zero-order chi connectivity index (χ0) is 14.7. The third-order valence-corrected chi connectivity index (χ3v) is 4.05. The van der Waals surface area contributed by atoms with E-state index in [9.17, 15) is 4.79 Å². The first-order valence-corrected chi connectivity index (χ1v) is 7.16. The van der Waals surface area contributed by atoms with Crippen LogP contribution in [0.5, 0.6) is 5.75 Å². The summed E-state index contributed by atoms with van der Waals surface area (Å²) in [5, 5.41) is 3.42. The molecule has 0 aliphatic heterocycles. The maximum atomic E-state index is 12.2. The van der Waals surface area contributed by atoms with Crippen molar-refractivity contribution in [2.24, 2.45) is 0 Å². The lowest BCUT2D eigenvalue weighted by Crippen LogP contribution is -2.12. The number of nitrogens with one attached hydrogen (secondary N) is 1. The highest BCUT2D eigenvalue weighted by Gasteiger charge is 2.12. The monoisotopic (exact) mass is 373 g/mol. The Balaban J connectivity index is 2.24. The van der Waals surface area contributed by atoms with Crippen LogP contribution in [0.1, 0.15) is 10.4 Å². The Bertz CT molecular complexity index is 662. The van der Waals surface area contributed by atoms with E-state index >= 15 is 0 Å². The van der Waals surface area contributed by atoms with Crippen molar-refractivity contribution in [2.75, 3.05) is 12.4 Å². The number of hydrogen-bond acceptors (Lipinski definition) is 2. The van der Waals surface area contributed by atoms with Crippen LogP contribution in [0.25, 0.3) is 0 Å². The average Bonchev–Trinajstić information content (AvgIpc) is 2.43. The van der Waals surface area contributed by atoms with Gasteiger partial charge in [0.2, 0.25) is 0 Å². The summed E-state index contributed by atoms with van der Waals surface area (Å²) in [4.78, 5) is 12.2. The van der Waals surface area contributed by atoms with Crippen LogP contribution in [-0.2, 0) is 0 Å². The van der Waals surface area contributed by atoms with Gasteiger partial charge in [0.05, 0.1) is 27.3 Å². The van der Waals surface area contributed by atoms with Gasteiger partial charge in [0.1, 0.15) is 5.75 Å². The van der Waals surface area contributed by atoms with Crippen LogP contribution in [0.2, 0.25) is 10.0 Å². The lowest BCUT2D eigenvalue weighted by molar-refractivity contribution is 0.102. The molecule has 0 atom stereocenters. The van der Waals surface area contributed by atoms with E-state index in [4.69, 9.17) is 27.9 Å². The lowest BCUT2D eigenvalue weighted by atomic mass is 10.2. The topological polar surface area (TPSA) is 38.3 Å². The van der Waals surface area contributed by atoms with Crippen molar-refractivity contribution < 1.29 is 9.53 Å². The van der Waals surface area contributed by atoms with E-state index in [0.717, 1.165) is 0 Å². The van der Waals surface area contributed by atoms with Gasteiger partial charge in [-0.2, -0.15) is 0 Å². The Kier molecular flexibility index (Phi) is 4.91. The molecular formula is C14H10BrCl2NO2. The van der Waals surface area contributed by atoms with Crippen LogP contribution in [0.3, 0.4) is 0 Å². The van der Waals surface area contributed by atoms with Gasteiger partial charge in [0.25, 0.3) is 5.91 Å². The van der Waals surface area contributed by atoms with Crippen LogP contribution in [-0.4, -0.2) is 13.0 Å². The summed E-state index contributed by atoms with van der Waals surface area (Å²) in [6.07, 6.45) is 0. The molecule has 6 heteroatoms. The SMILES string of the molecule is COc1ccc(C(=O)Nc2cccc(Cl)c2Cl)cc1Br. The van der Waals surface area contributed by atoms with E-state index in [-0.39, 0.29) is 5.91 Å². The molecule has 104 valence electrons. The lowest BCUT2D eigenvalue weighted by Gasteiger charge is -2.09. The van der Waals surface area contributed by atoms with E-state index < -0.39 is 0 Å². The second-order valence-corrected chi connectivity index (χ2v) is 5.54. The van der Waals surface area contributed by atoms with E-state index in [1.807, 2.05) is 0 Å². The van der Waals surface area contributed by atoms with E-state index in [2.05, 4.69) is 21.2 Å². The molecule has 0 fully saturated rings. The molecule has 2 aromatic carbocycles. The molecule has 0 spiro atoms. The van der Waals surface area contributed by atoms with Gasteiger partial charge in [-0.15, -0.1) is 0 Å². The molecule has 0 aliphatic carbocycles. The highest BCUT2D eigenvalue weighted by Crippen LogP contribution is 2.30. The molecule has 20 heavy (non-hydrogen) atoms. The second-order valence-electron chi connectivity index (χ2n) is 3.90. The number of carbonyl (C=O) groups excluding carboxylic acids is 1. The van der Waals surface area contributed by atoms with Gasteiger partial charge >= 0.3 is 0 Å². The summed E-state index contributed by atoms with van der Waals surface area (Å²) < 4.78 is 5.81. The Morgan fingerprint density at radius 2 is 2.00 bits per heavy atom. The van der Waals surface area contributed by atoms with E-state index in [1.165, 1.54) is 0 Å². The highest BCUT2D eigenvalue weighted by atomic mass is 79.9. The molecule has 0 bridgehead atoms. The van der Waals surface area contributed by atoms with Gasteiger partial charge in [0.15, 0.2) is 0 Å². The van der Waals surface area contributed by atoms with Crippen molar-refractivity contribution in [2.45, 2.75) is 0 Å². The second kappa shape index (κ2) is 6.48. The minimum atomic E-state index is -0.280. The van der Waals surface area contributed by atoms with Crippen molar-refractivity contribution >= 4 is 50.7 Å². The molecule has 1 N–H and O–H groups in total. The van der Waals surface area contributed by atoms with Crippen LogP contribution >= 0.6 is 39.1 Å². The maximum absolute atomic E-state index is 12.2. The predicted molar refractivity (Wildman–Crippen MR) is 85.1 cm³/mol. The van der Waals surface area contributed by atoms with Gasteiger partial charge < -0.3 is 10.1 Å². The van der Waals surface area contributed by atoms with Crippen LogP contribution in [0.15, 0.2) is 40.9 Å². The number of anilines is 1. The number of halogens is 3. The number of methoxy groups -OCH3 is 1. The van der Waals surface area contributed by atoms with E-state index in [1.54, 1.807) is 43.5 Å². The molecule has 2 aromatic rings. The van der Waals surface area contributed by atoms with Gasteiger partial charge in [-0.3, -0.25) is 4.79 Å². The van der Waals surface area contributed by atoms with Gasteiger partial charge in [-0.1, -0.05) is 29.3 Å². The van der Waals surface area contributed by atoms with Crippen molar-refractivity contribution in [3.05, 3.63) is 56.5 Å². The summed E-state index contributed by atoms with van der Waals surface area (Å²) in [6, 6.07) is 10.1. The number of carbonyl (C=O) groups is 1. The Labute approximate surface area is 135 Å². The third-order valence-electron chi connectivity index (χ3n) is 2.61. The molecule has 2 rings (SSSR count). The fraction of sp³-hybridized carbons (Fsp3) is 0.0714. The Morgan fingerprint density at radius 1 is 1.25 bits per heavy atom. The zero-order valence-electron chi connectivity index (χ0n) is 10.4. The van der Waals surface area contributed by atoms with Crippen LogP contribution in [0.4, 0.5) is 5.69 Å². The number of benzene rings is 2. The molecule has 1 amide bonds. The standard InChI is InChI=1S/C14H10BrCl2NO2/c1-20-12-6-5-8(7-9(12)15)14(19)18-11-4-2-3-10(16)13(11)17/h2-7H,1H3,(H,18,19). The molecular weight excluding hydrogens is 365 g/mol.